The maximum Gasteiger partial charge on any atom is 0.0590 e. The average molecular weight is 284 g/mol. The molecule has 16 heavy (non-hydrogen) atoms. The van der Waals surface area contributed by atoms with Gasteiger partial charge in [-0.3, -0.25) is 0 Å². The Labute approximate surface area is 105 Å². The number of halogens is 1. The summed E-state index contributed by atoms with van der Waals surface area (Å²) in [5.41, 5.74) is 7.56. The fourth-order valence-corrected chi connectivity index (χ4v) is 2.83. The molecule has 1 aliphatic heterocycles. The number of hydrogen-bond acceptors (Lipinski definition) is 2. The molecule has 3 unspecified atom stereocenters. The van der Waals surface area contributed by atoms with Gasteiger partial charge in [0.05, 0.1) is 6.10 Å². The molecule has 1 aromatic carbocycles. The lowest BCUT2D eigenvalue weighted by Gasteiger charge is -2.22. The summed E-state index contributed by atoms with van der Waals surface area (Å²) in [5, 5.41) is 0. The van der Waals surface area contributed by atoms with E-state index in [0.29, 0.717) is 12.0 Å². The SMILES string of the molecule is CC1OCCC1C(N)Cc1ccccc1Br. The second-order valence-electron chi connectivity index (χ2n) is 4.49. The molecule has 1 fully saturated rings. The fraction of sp³-hybridized carbons (Fsp3) is 0.538. The largest absolute Gasteiger partial charge is 0.378 e. The van der Waals surface area contributed by atoms with Crippen LogP contribution in [-0.4, -0.2) is 18.8 Å². The smallest absolute Gasteiger partial charge is 0.0590 e. The molecular weight excluding hydrogens is 266 g/mol. The highest BCUT2D eigenvalue weighted by atomic mass is 79.9. The highest BCUT2D eigenvalue weighted by Gasteiger charge is 2.29. The Kier molecular flexibility index (Phi) is 4.00. The number of nitrogens with two attached hydrogens (primary N) is 1. The first-order chi connectivity index (χ1) is 7.68. The lowest BCUT2D eigenvalue weighted by molar-refractivity contribution is 0.0995. The Bertz CT molecular complexity index is 356. The summed E-state index contributed by atoms with van der Waals surface area (Å²) in [6.07, 6.45) is 2.31. The summed E-state index contributed by atoms with van der Waals surface area (Å²) in [7, 11) is 0. The summed E-state index contributed by atoms with van der Waals surface area (Å²) in [4.78, 5) is 0. The van der Waals surface area contributed by atoms with Gasteiger partial charge >= 0.3 is 0 Å². The third kappa shape index (κ3) is 2.65. The molecule has 0 spiro atoms. The minimum absolute atomic E-state index is 0.191. The van der Waals surface area contributed by atoms with Crippen molar-refractivity contribution < 1.29 is 4.74 Å². The first-order valence-electron chi connectivity index (χ1n) is 5.79. The second kappa shape index (κ2) is 5.30. The maximum atomic E-state index is 6.27. The molecule has 0 aromatic heterocycles. The van der Waals surface area contributed by atoms with E-state index in [2.05, 4.69) is 41.1 Å². The van der Waals surface area contributed by atoms with Gasteiger partial charge in [-0.15, -0.1) is 0 Å². The predicted molar refractivity (Wildman–Crippen MR) is 69.3 cm³/mol. The van der Waals surface area contributed by atoms with E-state index in [9.17, 15) is 0 Å². The van der Waals surface area contributed by atoms with Crippen molar-refractivity contribution in [2.24, 2.45) is 11.7 Å². The summed E-state index contributed by atoms with van der Waals surface area (Å²) in [5.74, 6) is 0.493. The van der Waals surface area contributed by atoms with Gasteiger partial charge in [0.1, 0.15) is 0 Å². The van der Waals surface area contributed by atoms with E-state index in [1.165, 1.54) is 5.56 Å². The Hall–Kier alpha value is -0.380. The van der Waals surface area contributed by atoms with Gasteiger partial charge in [0.15, 0.2) is 0 Å². The summed E-state index contributed by atoms with van der Waals surface area (Å²) in [6.45, 7) is 2.98. The van der Waals surface area contributed by atoms with Crippen molar-refractivity contribution in [3.05, 3.63) is 34.3 Å². The molecular formula is C13H18BrNO. The van der Waals surface area contributed by atoms with E-state index < -0.39 is 0 Å². The third-order valence-corrected chi connectivity index (χ3v) is 4.17. The van der Waals surface area contributed by atoms with Crippen LogP contribution < -0.4 is 5.73 Å². The molecule has 88 valence electrons. The molecule has 2 rings (SSSR count). The first kappa shape index (κ1) is 12.1. The van der Waals surface area contributed by atoms with E-state index in [4.69, 9.17) is 10.5 Å². The third-order valence-electron chi connectivity index (χ3n) is 3.40. The van der Waals surface area contributed by atoms with Gasteiger partial charge in [-0.2, -0.15) is 0 Å². The molecule has 3 heteroatoms. The molecule has 1 aliphatic rings. The Morgan fingerprint density at radius 1 is 1.50 bits per heavy atom. The van der Waals surface area contributed by atoms with Gasteiger partial charge in [-0.05, 0) is 31.4 Å². The Morgan fingerprint density at radius 2 is 2.25 bits per heavy atom. The molecule has 1 heterocycles. The normalized spacial score (nSPS) is 26.9. The lowest BCUT2D eigenvalue weighted by atomic mass is 9.90. The minimum Gasteiger partial charge on any atom is -0.378 e. The van der Waals surface area contributed by atoms with Gasteiger partial charge in [-0.25, -0.2) is 0 Å². The van der Waals surface area contributed by atoms with E-state index in [0.717, 1.165) is 23.9 Å². The van der Waals surface area contributed by atoms with E-state index in [1.807, 2.05) is 6.07 Å². The minimum atomic E-state index is 0.191. The number of rotatable bonds is 3. The van der Waals surface area contributed by atoms with Crippen molar-refractivity contribution in [2.75, 3.05) is 6.61 Å². The van der Waals surface area contributed by atoms with Crippen LogP contribution in [0.15, 0.2) is 28.7 Å². The zero-order valence-electron chi connectivity index (χ0n) is 9.53. The van der Waals surface area contributed by atoms with Crippen LogP contribution in [0.4, 0.5) is 0 Å². The van der Waals surface area contributed by atoms with Crippen LogP contribution >= 0.6 is 15.9 Å². The molecule has 2 N–H and O–H groups in total. The summed E-state index contributed by atoms with van der Waals surface area (Å²) < 4.78 is 6.71. The molecule has 0 amide bonds. The van der Waals surface area contributed by atoms with Gasteiger partial charge in [0.2, 0.25) is 0 Å². The van der Waals surface area contributed by atoms with Gasteiger partial charge in [-0.1, -0.05) is 34.1 Å². The molecule has 3 atom stereocenters. The highest BCUT2D eigenvalue weighted by molar-refractivity contribution is 9.10. The molecule has 2 nitrogen and oxygen atoms in total. The van der Waals surface area contributed by atoms with Crippen molar-refractivity contribution in [3.8, 4) is 0 Å². The monoisotopic (exact) mass is 283 g/mol. The van der Waals surface area contributed by atoms with Crippen LogP contribution in [0.25, 0.3) is 0 Å². The van der Waals surface area contributed by atoms with Gasteiger partial charge in [0, 0.05) is 23.0 Å². The Balaban J connectivity index is 2.02. The Morgan fingerprint density at radius 3 is 2.88 bits per heavy atom. The van der Waals surface area contributed by atoms with Crippen molar-refractivity contribution in [1.82, 2.24) is 0 Å². The fourth-order valence-electron chi connectivity index (χ4n) is 2.38. The van der Waals surface area contributed by atoms with E-state index in [1.54, 1.807) is 0 Å². The molecule has 0 saturated carbocycles. The molecule has 1 aromatic rings. The predicted octanol–water partition coefficient (Wildman–Crippen LogP) is 2.74. The van der Waals surface area contributed by atoms with Crippen molar-refractivity contribution in [3.63, 3.8) is 0 Å². The van der Waals surface area contributed by atoms with E-state index >= 15 is 0 Å². The molecule has 1 saturated heterocycles. The van der Waals surface area contributed by atoms with Gasteiger partial charge < -0.3 is 10.5 Å². The van der Waals surface area contributed by atoms with Crippen LogP contribution in [0.1, 0.15) is 18.9 Å². The molecule has 0 bridgehead atoms. The number of ether oxygens (including phenoxy) is 1. The van der Waals surface area contributed by atoms with Crippen LogP contribution in [0, 0.1) is 5.92 Å². The van der Waals surface area contributed by atoms with Crippen LogP contribution in [-0.2, 0) is 11.2 Å². The maximum absolute atomic E-state index is 6.27. The van der Waals surface area contributed by atoms with E-state index in [-0.39, 0.29) is 6.04 Å². The standard InChI is InChI=1S/C13H18BrNO/c1-9-11(6-7-16-9)13(15)8-10-4-2-3-5-12(10)14/h2-5,9,11,13H,6-8,15H2,1H3. The van der Waals surface area contributed by atoms with Crippen LogP contribution in [0.5, 0.6) is 0 Å². The van der Waals surface area contributed by atoms with Crippen molar-refractivity contribution in [2.45, 2.75) is 31.9 Å². The zero-order chi connectivity index (χ0) is 11.5. The average Bonchev–Trinajstić information content (AvgIpc) is 2.68. The van der Waals surface area contributed by atoms with Crippen LogP contribution in [0.2, 0.25) is 0 Å². The number of hydrogen-bond donors (Lipinski definition) is 1. The van der Waals surface area contributed by atoms with Crippen molar-refractivity contribution >= 4 is 15.9 Å². The summed E-state index contributed by atoms with van der Waals surface area (Å²) in [6, 6.07) is 8.47. The quantitative estimate of drug-likeness (QED) is 0.926. The van der Waals surface area contributed by atoms with Crippen LogP contribution in [0.3, 0.4) is 0 Å². The summed E-state index contributed by atoms with van der Waals surface area (Å²) >= 11 is 3.56. The molecule has 0 aliphatic carbocycles. The lowest BCUT2D eigenvalue weighted by Crippen LogP contribution is -2.36. The highest BCUT2D eigenvalue weighted by Crippen LogP contribution is 2.26. The topological polar surface area (TPSA) is 35.2 Å². The second-order valence-corrected chi connectivity index (χ2v) is 5.34. The van der Waals surface area contributed by atoms with Crippen molar-refractivity contribution in [1.29, 1.82) is 0 Å². The number of benzene rings is 1. The molecule has 0 radical (unpaired) electrons. The first-order valence-corrected chi connectivity index (χ1v) is 6.58. The zero-order valence-corrected chi connectivity index (χ0v) is 11.1. The van der Waals surface area contributed by atoms with Gasteiger partial charge in [0.25, 0.3) is 0 Å².